The average molecular weight is 210 g/mol. The summed E-state index contributed by atoms with van der Waals surface area (Å²) in [6.45, 7) is 4.37. The van der Waals surface area contributed by atoms with Crippen LogP contribution in [0.2, 0.25) is 0 Å². The first-order valence-corrected chi connectivity index (χ1v) is 5.64. The fourth-order valence-electron chi connectivity index (χ4n) is 0.796. The lowest BCUT2D eigenvalue weighted by atomic mass is 10.2. The van der Waals surface area contributed by atoms with Crippen LogP contribution >= 0.6 is 11.8 Å². The number of rotatable bonds is 5. The molecule has 1 heterocycles. The van der Waals surface area contributed by atoms with Crippen LogP contribution < -0.4 is 0 Å². The van der Waals surface area contributed by atoms with E-state index in [1.54, 1.807) is 24.2 Å². The van der Waals surface area contributed by atoms with Gasteiger partial charge in [0.15, 0.2) is 11.4 Å². The van der Waals surface area contributed by atoms with Gasteiger partial charge < -0.3 is 0 Å². The minimum Gasteiger partial charge on any atom is -0.298 e. The Labute approximate surface area is 88.3 Å². The zero-order chi connectivity index (χ0) is 10.4. The SMILES string of the molecule is CCC(C)CSc1ncc(C=O)cn1. The molecule has 1 unspecified atom stereocenters. The fraction of sp³-hybridized carbons (Fsp3) is 0.500. The predicted molar refractivity (Wildman–Crippen MR) is 57.6 cm³/mol. The number of nitrogens with zero attached hydrogens (tertiary/aromatic N) is 2. The molecule has 0 radical (unpaired) electrons. The highest BCUT2D eigenvalue weighted by Gasteiger charge is 2.02. The quantitative estimate of drug-likeness (QED) is 0.425. The minimum absolute atomic E-state index is 0.526. The molecule has 0 saturated carbocycles. The van der Waals surface area contributed by atoms with E-state index in [1.165, 1.54) is 6.42 Å². The van der Waals surface area contributed by atoms with E-state index in [4.69, 9.17) is 0 Å². The van der Waals surface area contributed by atoms with Gasteiger partial charge in [0.2, 0.25) is 0 Å². The van der Waals surface area contributed by atoms with E-state index in [9.17, 15) is 4.79 Å². The van der Waals surface area contributed by atoms with Crippen molar-refractivity contribution in [1.82, 2.24) is 9.97 Å². The van der Waals surface area contributed by atoms with Crippen molar-refractivity contribution in [2.24, 2.45) is 5.92 Å². The van der Waals surface area contributed by atoms with Crippen LogP contribution in [0.3, 0.4) is 0 Å². The predicted octanol–water partition coefficient (Wildman–Crippen LogP) is 2.43. The first-order valence-electron chi connectivity index (χ1n) is 4.66. The van der Waals surface area contributed by atoms with Gasteiger partial charge in [-0.25, -0.2) is 9.97 Å². The molecule has 1 rings (SSSR count). The zero-order valence-electron chi connectivity index (χ0n) is 8.43. The Morgan fingerprint density at radius 2 is 2.14 bits per heavy atom. The summed E-state index contributed by atoms with van der Waals surface area (Å²) in [7, 11) is 0. The molecule has 4 heteroatoms. The van der Waals surface area contributed by atoms with Crippen LogP contribution in [0.25, 0.3) is 0 Å². The van der Waals surface area contributed by atoms with Crippen molar-refractivity contribution < 1.29 is 4.79 Å². The van der Waals surface area contributed by atoms with E-state index >= 15 is 0 Å². The molecule has 14 heavy (non-hydrogen) atoms. The summed E-state index contributed by atoms with van der Waals surface area (Å²) < 4.78 is 0. The summed E-state index contributed by atoms with van der Waals surface area (Å²) in [5, 5.41) is 0.746. The molecule has 0 amide bonds. The van der Waals surface area contributed by atoms with Gasteiger partial charge in [-0.1, -0.05) is 32.0 Å². The molecule has 0 bridgehead atoms. The van der Waals surface area contributed by atoms with E-state index in [0.717, 1.165) is 17.2 Å². The Balaban J connectivity index is 2.47. The Morgan fingerprint density at radius 1 is 1.50 bits per heavy atom. The third kappa shape index (κ3) is 3.46. The highest BCUT2D eigenvalue weighted by molar-refractivity contribution is 7.99. The summed E-state index contributed by atoms with van der Waals surface area (Å²) in [5.41, 5.74) is 0.526. The molecule has 1 aromatic heterocycles. The summed E-state index contributed by atoms with van der Waals surface area (Å²) in [6.07, 6.45) is 5.03. The minimum atomic E-state index is 0.526. The van der Waals surface area contributed by atoms with Crippen molar-refractivity contribution in [1.29, 1.82) is 0 Å². The summed E-state index contributed by atoms with van der Waals surface area (Å²) in [6, 6.07) is 0. The van der Waals surface area contributed by atoms with Crippen LogP contribution in [-0.4, -0.2) is 22.0 Å². The third-order valence-electron chi connectivity index (χ3n) is 1.98. The van der Waals surface area contributed by atoms with Gasteiger partial charge in [-0.3, -0.25) is 4.79 Å². The molecule has 0 aliphatic carbocycles. The van der Waals surface area contributed by atoms with Gasteiger partial charge in [0.25, 0.3) is 0 Å². The fourth-order valence-corrected chi connectivity index (χ4v) is 1.72. The van der Waals surface area contributed by atoms with Crippen molar-refractivity contribution in [3.63, 3.8) is 0 Å². The molecular weight excluding hydrogens is 196 g/mol. The second kappa shape index (κ2) is 5.75. The Hall–Kier alpha value is -0.900. The number of carbonyl (C=O) groups excluding carboxylic acids is 1. The van der Waals surface area contributed by atoms with Gasteiger partial charge >= 0.3 is 0 Å². The van der Waals surface area contributed by atoms with Gasteiger partial charge in [-0.2, -0.15) is 0 Å². The van der Waals surface area contributed by atoms with Crippen molar-refractivity contribution >= 4 is 18.0 Å². The van der Waals surface area contributed by atoms with Crippen LogP contribution in [0.15, 0.2) is 17.6 Å². The van der Waals surface area contributed by atoms with E-state index in [0.29, 0.717) is 11.5 Å². The van der Waals surface area contributed by atoms with E-state index in [2.05, 4.69) is 23.8 Å². The van der Waals surface area contributed by atoms with Crippen molar-refractivity contribution in [2.45, 2.75) is 25.4 Å². The van der Waals surface area contributed by atoms with E-state index in [-0.39, 0.29) is 0 Å². The second-order valence-electron chi connectivity index (χ2n) is 3.24. The molecule has 1 aromatic rings. The van der Waals surface area contributed by atoms with Gasteiger partial charge in [0.1, 0.15) is 0 Å². The number of hydrogen-bond donors (Lipinski definition) is 0. The Bertz CT molecular complexity index is 287. The molecule has 76 valence electrons. The lowest BCUT2D eigenvalue weighted by Crippen LogP contribution is -1.97. The van der Waals surface area contributed by atoms with Gasteiger partial charge in [0, 0.05) is 18.1 Å². The van der Waals surface area contributed by atoms with E-state index < -0.39 is 0 Å². The highest BCUT2D eigenvalue weighted by Crippen LogP contribution is 2.17. The van der Waals surface area contributed by atoms with Crippen molar-refractivity contribution in [3.8, 4) is 0 Å². The summed E-state index contributed by atoms with van der Waals surface area (Å²) >= 11 is 1.63. The van der Waals surface area contributed by atoms with Crippen LogP contribution in [-0.2, 0) is 0 Å². The van der Waals surface area contributed by atoms with Gasteiger partial charge in [-0.05, 0) is 5.92 Å². The highest BCUT2D eigenvalue weighted by atomic mass is 32.2. The topological polar surface area (TPSA) is 42.9 Å². The molecular formula is C10H14N2OS. The van der Waals surface area contributed by atoms with Crippen LogP contribution in [0.5, 0.6) is 0 Å². The Morgan fingerprint density at radius 3 is 2.64 bits per heavy atom. The van der Waals surface area contributed by atoms with Crippen LogP contribution in [0, 0.1) is 5.92 Å². The maximum Gasteiger partial charge on any atom is 0.187 e. The smallest absolute Gasteiger partial charge is 0.187 e. The molecule has 3 nitrogen and oxygen atoms in total. The number of aldehydes is 1. The lowest BCUT2D eigenvalue weighted by molar-refractivity contribution is 0.112. The van der Waals surface area contributed by atoms with Crippen molar-refractivity contribution in [3.05, 3.63) is 18.0 Å². The lowest BCUT2D eigenvalue weighted by Gasteiger charge is -2.05. The maximum absolute atomic E-state index is 10.3. The zero-order valence-corrected chi connectivity index (χ0v) is 9.25. The number of thioether (sulfide) groups is 1. The molecule has 0 N–H and O–H groups in total. The largest absolute Gasteiger partial charge is 0.298 e. The first-order chi connectivity index (χ1) is 6.76. The molecule has 1 atom stereocenters. The van der Waals surface area contributed by atoms with E-state index in [1.807, 2.05) is 0 Å². The second-order valence-corrected chi connectivity index (χ2v) is 4.23. The normalized spacial score (nSPS) is 12.4. The molecule has 0 aliphatic rings. The average Bonchev–Trinajstić information content (AvgIpc) is 2.26. The number of hydrogen-bond acceptors (Lipinski definition) is 4. The van der Waals surface area contributed by atoms with Gasteiger partial charge in [0.05, 0.1) is 5.56 Å². The van der Waals surface area contributed by atoms with Crippen molar-refractivity contribution in [2.75, 3.05) is 5.75 Å². The number of aromatic nitrogens is 2. The molecule has 0 saturated heterocycles. The number of carbonyl (C=O) groups is 1. The van der Waals surface area contributed by atoms with Gasteiger partial charge in [-0.15, -0.1) is 0 Å². The standard InChI is InChI=1S/C10H14N2OS/c1-3-8(2)7-14-10-11-4-9(6-13)5-12-10/h4-6,8H,3,7H2,1-2H3. The van der Waals surface area contributed by atoms with Crippen LogP contribution in [0.4, 0.5) is 0 Å². The summed E-state index contributed by atoms with van der Waals surface area (Å²) in [5.74, 6) is 1.70. The first kappa shape index (κ1) is 11.2. The maximum atomic E-state index is 10.3. The molecule has 0 spiro atoms. The van der Waals surface area contributed by atoms with Crippen LogP contribution in [0.1, 0.15) is 30.6 Å². The monoisotopic (exact) mass is 210 g/mol. The molecule has 0 fully saturated rings. The molecule has 0 aliphatic heterocycles. The third-order valence-corrected chi connectivity index (χ3v) is 3.18. The Kier molecular flexibility index (Phi) is 4.59. The summed E-state index contributed by atoms with van der Waals surface area (Å²) in [4.78, 5) is 18.5. The molecule has 0 aromatic carbocycles.